The average molecular weight is 241 g/mol. The van der Waals surface area contributed by atoms with Gasteiger partial charge in [0.05, 0.1) is 36.7 Å². The number of hydrogen-bond donors (Lipinski definition) is 1. The number of methoxy groups -OCH3 is 1. The molecule has 0 aromatic carbocycles. The molecule has 1 amide bonds. The minimum Gasteiger partial charge on any atom is -0.496 e. The maximum absolute atomic E-state index is 11.3. The molecule has 1 aliphatic rings. The third kappa shape index (κ3) is 1.69. The molecule has 5 nitrogen and oxygen atoms in total. The highest BCUT2D eigenvalue weighted by Gasteiger charge is 2.19. The van der Waals surface area contributed by atoms with Crippen LogP contribution in [0.25, 0.3) is 11.3 Å². The van der Waals surface area contributed by atoms with Crippen molar-refractivity contribution in [2.24, 2.45) is 0 Å². The van der Waals surface area contributed by atoms with Crippen LogP contribution < -0.4 is 10.1 Å². The van der Waals surface area contributed by atoms with Gasteiger partial charge in [-0.25, -0.2) is 0 Å². The molecule has 3 heterocycles. The van der Waals surface area contributed by atoms with Gasteiger partial charge in [0.2, 0.25) is 5.91 Å². The first kappa shape index (κ1) is 10.7. The van der Waals surface area contributed by atoms with Gasteiger partial charge in [0.25, 0.3) is 0 Å². The fourth-order valence-corrected chi connectivity index (χ4v) is 2.02. The van der Waals surface area contributed by atoms with E-state index in [1.165, 1.54) is 0 Å². The molecule has 90 valence electrons. The van der Waals surface area contributed by atoms with Crippen LogP contribution in [-0.2, 0) is 11.2 Å². The number of ether oxygens (including phenoxy) is 1. The van der Waals surface area contributed by atoms with E-state index < -0.39 is 0 Å². The fraction of sp³-hybridized carbons (Fsp3) is 0.154. The number of nitrogens with one attached hydrogen (secondary N) is 1. The second kappa shape index (κ2) is 4.10. The Labute approximate surface area is 104 Å². The Morgan fingerprint density at radius 1 is 1.39 bits per heavy atom. The van der Waals surface area contributed by atoms with Crippen molar-refractivity contribution < 1.29 is 9.53 Å². The van der Waals surface area contributed by atoms with Gasteiger partial charge in [-0.3, -0.25) is 14.8 Å². The summed E-state index contributed by atoms with van der Waals surface area (Å²) in [7, 11) is 1.61. The zero-order chi connectivity index (χ0) is 12.5. The number of aromatic nitrogens is 2. The molecule has 0 atom stereocenters. The second-order valence-corrected chi connectivity index (χ2v) is 4.03. The normalized spacial score (nSPS) is 13.1. The minimum absolute atomic E-state index is 0.00195. The zero-order valence-electron chi connectivity index (χ0n) is 9.80. The standard InChI is InChI=1S/C13H11N3O2/c1-18-12-2-3-14-6-9(12)10-4-8-5-13(17)16-11(8)7-15-10/h2-4,6-7H,5H2,1H3,(H,16,17). The molecule has 5 heteroatoms. The summed E-state index contributed by atoms with van der Waals surface area (Å²) in [5.74, 6) is 0.719. The molecule has 18 heavy (non-hydrogen) atoms. The summed E-state index contributed by atoms with van der Waals surface area (Å²) >= 11 is 0. The number of hydrogen-bond acceptors (Lipinski definition) is 4. The van der Waals surface area contributed by atoms with E-state index in [1.807, 2.05) is 6.07 Å². The largest absolute Gasteiger partial charge is 0.496 e. The third-order valence-corrected chi connectivity index (χ3v) is 2.89. The SMILES string of the molecule is COc1ccncc1-c1cc2c(cn1)NC(=O)C2. The van der Waals surface area contributed by atoms with E-state index >= 15 is 0 Å². The van der Waals surface area contributed by atoms with E-state index in [4.69, 9.17) is 4.74 Å². The molecule has 2 aromatic heterocycles. The molecule has 0 spiro atoms. The number of pyridine rings is 2. The lowest BCUT2D eigenvalue weighted by Gasteiger charge is -2.07. The van der Waals surface area contributed by atoms with Crippen molar-refractivity contribution in [3.8, 4) is 17.0 Å². The summed E-state index contributed by atoms with van der Waals surface area (Å²) in [5.41, 5.74) is 3.32. The number of nitrogens with zero attached hydrogens (tertiary/aromatic N) is 2. The molecule has 0 saturated carbocycles. The van der Waals surface area contributed by atoms with Gasteiger partial charge >= 0.3 is 0 Å². The van der Waals surface area contributed by atoms with Gasteiger partial charge in [0.15, 0.2) is 0 Å². The number of fused-ring (bicyclic) bond motifs is 1. The van der Waals surface area contributed by atoms with Crippen LogP contribution in [0.1, 0.15) is 5.56 Å². The van der Waals surface area contributed by atoms with Crippen LogP contribution in [0.2, 0.25) is 0 Å². The first-order chi connectivity index (χ1) is 8.78. The summed E-state index contributed by atoms with van der Waals surface area (Å²) < 4.78 is 5.28. The van der Waals surface area contributed by atoms with Crippen LogP contribution in [0.5, 0.6) is 5.75 Å². The second-order valence-electron chi connectivity index (χ2n) is 4.03. The quantitative estimate of drug-likeness (QED) is 0.868. The molecular formula is C13H11N3O2. The van der Waals surface area contributed by atoms with E-state index in [0.29, 0.717) is 6.42 Å². The van der Waals surface area contributed by atoms with Crippen molar-refractivity contribution in [2.75, 3.05) is 12.4 Å². The molecule has 0 unspecified atom stereocenters. The van der Waals surface area contributed by atoms with Gasteiger partial charge in [-0.1, -0.05) is 0 Å². The molecule has 0 fully saturated rings. The predicted octanol–water partition coefficient (Wildman–Crippen LogP) is 1.65. The Kier molecular flexibility index (Phi) is 2.44. The monoisotopic (exact) mass is 241 g/mol. The highest BCUT2D eigenvalue weighted by atomic mass is 16.5. The minimum atomic E-state index is 0.00195. The topological polar surface area (TPSA) is 64.1 Å². The molecule has 0 bridgehead atoms. The molecule has 0 aliphatic carbocycles. The van der Waals surface area contributed by atoms with E-state index in [9.17, 15) is 4.79 Å². The van der Waals surface area contributed by atoms with E-state index in [1.54, 1.807) is 31.8 Å². The summed E-state index contributed by atoms with van der Waals surface area (Å²) in [4.78, 5) is 19.7. The Bertz CT molecular complexity index is 625. The van der Waals surface area contributed by atoms with Crippen molar-refractivity contribution in [3.05, 3.63) is 36.3 Å². The van der Waals surface area contributed by atoms with Crippen LogP contribution in [0, 0.1) is 0 Å². The van der Waals surface area contributed by atoms with Crippen LogP contribution in [-0.4, -0.2) is 23.0 Å². The van der Waals surface area contributed by atoms with Crippen molar-refractivity contribution in [2.45, 2.75) is 6.42 Å². The van der Waals surface area contributed by atoms with Gasteiger partial charge in [-0.15, -0.1) is 0 Å². The van der Waals surface area contributed by atoms with Gasteiger partial charge in [-0.05, 0) is 17.7 Å². The molecule has 1 aliphatic heterocycles. The number of rotatable bonds is 2. The molecule has 0 radical (unpaired) electrons. The third-order valence-electron chi connectivity index (χ3n) is 2.89. The van der Waals surface area contributed by atoms with Crippen molar-refractivity contribution in [3.63, 3.8) is 0 Å². The highest BCUT2D eigenvalue weighted by molar-refractivity contribution is 5.99. The highest BCUT2D eigenvalue weighted by Crippen LogP contribution is 2.31. The van der Waals surface area contributed by atoms with Crippen LogP contribution in [0.4, 0.5) is 5.69 Å². The summed E-state index contributed by atoms with van der Waals surface area (Å²) in [6.07, 6.45) is 5.44. The van der Waals surface area contributed by atoms with Gasteiger partial charge in [0, 0.05) is 12.4 Å². The van der Waals surface area contributed by atoms with Crippen molar-refractivity contribution >= 4 is 11.6 Å². The summed E-state index contributed by atoms with van der Waals surface area (Å²) in [5, 5.41) is 2.76. The lowest BCUT2D eigenvalue weighted by Crippen LogP contribution is -2.03. The fourth-order valence-electron chi connectivity index (χ4n) is 2.02. The molecule has 2 aromatic rings. The van der Waals surface area contributed by atoms with Crippen LogP contribution >= 0.6 is 0 Å². The van der Waals surface area contributed by atoms with E-state index in [2.05, 4.69) is 15.3 Å². The van der Waals surface area contributed by atoms with Gasteiger partial charge in [0.1, 0.15) is 5.75 Å². The molecule has 1 N–H and O–H groups in total. The Balaban J connectivity index is 2.08. The molecule has 0 saturated heterocycles. The first-order valence-electron chi connectivity index (χ1n) is 5.55. The number of carbonyl (C=O) groups is 1. The van der Waals surface area contributed by atoms with E-state index in [-0.39, 0.29) is 5.91 Å². The Morgan fingerprint density at radius 3 is 3.11 bits per heavy atom. The maximum Gasteiger partial charge on any atom is 0.228 e. The van der Waals surface area contributed by atoms with Gasteiger partial charge in [-0.2, -0.15) is 0 Å². The van der Waals surface area contributed by atoms with Crippen molar-refractivity contribution in [1.29, 1.82) is 0 Å². The lowest BCUT2D eigenvalue weighted by molar-refractivity contribution is -0.115. The maximum atomic E-state index is 11.3. The van der Waals surface area contributed by atoms with Crippen molar-refractivity contribution in [1.82, 2.24) is 9.97 Å². The van der Waals surface area contributed by atoms with Gasteiger partial charge < -0.3 is 10.1 Å². The van der Waals surface area contributed by atoms with E-state index in [0.717, 1.165) is 28.3 Å². The molecule has 3 rings (SSSR count). The average Bonchev–Trinajstić information content (AvgIpc) is 2.77. The lowest BCUT2D eigenvalue weighted by atomic mass is 10.1. The Morgan fingerprint density at radius 2 is 2.28 bits per heavy atom. The zero-order valence-corrected chi connectivity index (χ0v) is 9.80. The number of amides is 1. The van der Waals surface area contributed by atoms with Crippen LogP contribution in [0.3, 0.4) is 0 Å². The smallest absolute Gasteiger partial charge is 0.228 e. The first-order valence-corrected chi connectivity index (χ1v) is 5.55. The predicted molar refractivity (Wildman–Crippen MR) is 66.4 cm³/mol. The number of anilines is 1. The molecular weight excluding hydrogens is 230 g/mol. The van der Waals surface area contributed by atoms with Crippen LogP contribution in [0.15, 0.2) is 30.7 Å². The summed E-state index contributed by atoms with van der Waals surface area (Å²) in [6.45, 7) is 0. The number of carbonyl (C=O) groups excluding carboxylic acids is 1. The Hall–Kier alpha value is -2.43. The summed E-state index contributed by atoms with van der Waals surface area (Å²) in [6, 6.07) is 3.68.